The highest BCUT2D eigenvalue weighted by Crippen LogP contribution is 2.25. The van der Waals surface area contributed by atoms with Crippen LogP contribution in [0.15, 0.2) is 18.2 Å². The van der Waals surface area contributed by atoms with Crippen LogP contribution < -0.4 is 4.72 Å². The van der Waals surface area contributed by atoms with Crippen LogP contribution in [0.4, 0.5) is 11.4 Å². The molecular weight excluding hydrogens is 246 g/mol. The molecule has 8 heteroatoms. The number of nitro benzene ring substituents is 1. The molecule has 0 aliphatic rings. The molecule has 1 aromatic carbocycles. The van der Waals surface area contributed by atoms with E-state index < -0.39 is 20.7 Å². The van der Waals surface area contributed by atoms with Crippen LogP contribution in [0, 0.1) is 28.4 Å². The van der Waals surface area contributed by atoms with Crippen molar-refractivity contribution in [1.82, 2.24) is 0 Å². The fraction of sp³-hybridized carbons (Fsp3) is 0.222. The molecule has 0 amide bonds. The van der Waals surface area contributed by atoms with Crippen molar-refractivity contribution >= 4 is 21.4 Å². The number of hydrogen-bond acceptors (Lipinski definition) is 5. The molecule has 0 heterocycles. The molecule has 0 saturated carbocycles. The van der Waals surface area contributed by atoms with E-state index in [4.69, 9.17) is 5.26 Å². The first-order valence-electron chi connectivity index (χ1n) is 4.49. The summed E-state index contributed by atoms with van der Waals surface area (Å²) in [6.07, 6.45) is 0. The van der Waals surface area contributed by atoms with Gasteiger partial charge in [0.15, 0.2) is 5.75 Å². The lowest BCUT2D eigenvalue weighted by atomic mass is 10.2. The topological polar surface area (TPSA) is 113 Å². The van der Waals surface area contributed by atoms with Crippen LogP contribution in [0.1, 0.15) is 5.56 Å². The van der Waals surface area contributed by atoms with Gasteiger partial charge in [-0.05, 0) is 13.0 Å². The fourth-order valence-electron chi connectivity index (χ4n) is 1.22. The molecule has 1 N–H and O–H groups in total. The Morgan fingerprint density at radius 3 is 2.71 bits per heavy atom. The van der Waals surface area contributed by atoms with Gasteiger partial charge in [-0.3, -0.25) is 14.8 Å². The molecule has 1 aromatic rings. The van der Waals surface area contributed by atoms with Crippen molar-refractivity contribution < 1.29 is 13.3 Å². The highest BCUT2D eigenvalue weighted by molar-refractivity contribution is 7.92. The molecule has 0 saturated heterocycles. The van der Waals surface area contributed by atoms with Crippen molar-refractivity contribution in [3.8, 4) is 6.07 Å². The summed E-state index contributed by atoms with van der Waals surface area (Å²) in [7, 11) is -3.78. The first-order valence-corrected chi connectivity index (χ1v) is 6.14. The van der Waals surface area contributed by atoms with Gasteiger partial charge in [-0.15, -0.1) is 0 Å². The van der Waals surface area contributed by atoms with Crippen LogP contribution >= 0.6 is 0 Å². The normalized spacial score (nSPS) is 10.6. The number of nitro groups is 1. The van der Waals surface area contributed by atoms with Crippen LogP contribution in [-0.2, 0) is 10.0 Å². The number of nitrogens with zero attached hydrogens (tertiary/aromatic N) is 2. The van der Waals surface area contributed by atoms with Gasteiger partial charge in [0.2, 0.25) is 10.0 Å². The number of anilines is 1. The lowest BCUT2D eigenvalue weighted by Gasteiger charge is -2.08. The lowest BCUT2D eigenvalue weighted by molar-refractivity contribution is -0.385. The van der Waals surface area contributed by atoms with Crippen LogP contribution in [0.5, 0.6) is 0 Å². The Morgan fingerprint density at radius 2 is 2.18 bits per heavy atom. The highest BCUT2D eigenvalue weighted by Gasteiger charge is 2.17. The third-order valence-corrected chi connectivity index (χ3v) is 3.06. The second kappa shape index (κ2) is 4.80. The third kappa shape index (κ3) is 3.15. The minimum Gasteiger partial charge on any atom is -0.282 e. The molecule has 0 atom stereocenters. The summed E-state index contributed by atoms with van der Waals surface area (Å²) < 4.78 is 24.8. The number of nitrogens with one attached hydrogen (secondary N) is 1. The SMILES string of the molecule is Cc1c(NS(=O)(=O)CC#N)cccc1[N+](=O)[O-]. The van der Waals surface area contributed by atoms with Crippen LogP contribution in [0.3, 0.4) is 0 Å². The number of nitriles is 1. The summed E-state index contributed by atoms with van der Waals surface area (Å²) >= 11 is 0. The quantitative estimate of drug-likeness (QED) is 0.640. The summed E-state index contributed by atoms with van der Waals surface area (Å²) in [5, 5.41) is 19.0. The van der Waals surface area contributed by atoms with E-state index in [-0.39, 0.29) is 16.9 Å². The minimum atomic E-state index is -3.78. The average Bonchev–Trinajstić information content (AvgIpc) is 2.20. The summed E-state index contributed by atoms with van der Waals surface area (Å²) in [5.41, 5.74) is 0.135. The first-order chi connectivity index (χ1) is 7.87. The van der Waals surface area contributed by atoms with Gasteiger partial charge in [0.25, 0.3) is 5.69 Å². The van der Waals surface area contributed by atoms with Gasteiger partial charge < -0.3 is 0 Å². The Kier molecular flexibility index (Phi) is 3.65. The summed E-state index contributed by atoms with van der Waals surface area (Å²) in [6, 6.07) is 5.55. The number of hydrogen-bond donors (Lipinski definition) is 1. The summed E-state index contributed by atoms with van der Waals surface area (Å²) in [4.78, 5) is 10.0. The zero-order valence-corrected chi connectivity index (χ0v) is 9.69. The molecule has 7 nitrogen and oxygen atoms in total. The second-order valence-corrected chi connectivity index (χ2v) is 4.95. The minimum absolute atomic E-state index is 0.106. The predicted octanol–water partition coefficient (Wildman–Crippen LogP) is 1.17. The smallest absolute Gasteiger partial charge is 0.274 e. The Bertz CT molecular complexity index is 589. The third-order valence-electron chi connectivity index (χ3n) is 2.02. The maximum Gasteiger partial charge on any atom is 0.274 e. The van der Waals surface area contributed by atoms with Crippen molar-refractivity contribution in [2.24, 2.45) is 0 Å². The molecule has 0 fully saturated rings. The van der Waals surface area contributed by atoms with Crippen molar-refractivity contribution in [2.75, 3.05) is 10.5 Å². The van der Waals surface area contributed by atoms with Gasteiger partial charge in [-0.2, -0.15) is 5.26 Å². The second-order valence-electron chi connectivity index (χ2n) is 3.23. The van der Waals surface area contributed by atoms with Crippen molar-refractivity contribution in [3.05, 3.63) is 33.9 Å². The summed E-state index contributed by atoms with van der Waals surface area (Å²) in [6.45, 7) is 1.43. The van der Waals surface area contributed by atoms with E-state index >= 15 is 0 Å². The van der Waals surface area contributed by atoms with Crippen molar-refractivity contribution in [1.29, 1.82) is 5.26 Å². The molecular formula is C9H9N3O4S. The van der Waals surface area contributed by atoms with Gasteiger partial charge in [-0.25, -0.2) is 8.42 Å². The van der Waals surface area contributed by atoms with E-state index in [1.165, 1.54) is 31.2 Å². The van der Waals surface area contributed by atoms with Gasteiger partial charge in [0.1, 0.15) is 0 Å². The zero-order chi connectivity index (χ0) is 13.1. The molecule has 90 valence electrons. The van der Waals surface area contributed by atoms with E-state index in [1.54, 1.807) is 0 Å². The molecule has 0 aliphatic heterocycles. The highest BCUT2D eigenvalue weighted by atomic mass is 32.2. The van der Waals surface area contributed by atoms with Gasteiger partial charge >= 0.3 is 0 Å². The number of benzene rings is 1. The fourth-order valence-corrected chi connectivity index (χ4v) is 2.02. The molecule has 0 unspecified atom stereocenters. The Morgan fingerprint density at radius 1 is 1.53 bits per heavy atom. The van der Waals surface area contributed by atoms with Crippen LogP contribution in [0.2, 0.25) is 0 Å². The standard InChI is InChI=1S/C9H9N3O4S/c1-7-8(11-17(15,16)6-5-10)3-2-4-9(7)12(13)14/h2-4,11H,6H2,1H3. The van der Waals surface area contributed by atoms with Crippen LogP contribution in [0.25, 0.3) is 0 Å². The van der Waals surface area contributed by atoms with E-state index in [0.717, 1.165) is 0 Å². The number of rotatable bonds is 4. The van der Waals surface area contributed by atoms with Gasteiger partial charge in [0.05, 0.1) is 22.2 Å². The Balaban J connectivity index is 3.14. The first kappa shape index (κ1) is 12.9. The monoisotopic (exact) mass is 255 g/mol. The lowest BCUT2D eigenvalue weighted by Crippen LogP contribution is -2.16. The summed E-state index contributed by atoms with van der Waals surface area (Å²) in [5.74, 6) is -0.699. The zero-order valence-electron chi connectivity index (χ0n) is 8.87. The predicted molar refractivity (Wildman–Crippen MR) is 60.9 cm³/mol. The molecule has 1 rings (SSSR count). The van der Waals surface area contributed by atoms with Crippen LogP contribution in [-0.4, -0.2) is 19.1 Å². The molecule has 0 radical (unpaired) electrons. The van der Waals surface area contributed by atoms with Crippen molar-refractivity contribution in [2.45, 2.75) is 6.92 Å². The van der Waals surface area contributed by atoms with E-state index in [2.05, 4.69) is 4.72 Å². The Hall–Kier alpha value is -2.14. The van der Waals surface area contributed by atoms with E-state index in [0.29, 0.717) is 0 Å². The number of sulfonamides is 1. The van der Waals surface area contributed by atoms with Crippen molar-refractivity contribution in [3.63, 3.8) is 0 Å². The molecule has 17 heavy (non-hydrogen) atoms. The van der Waals surface area contributed by atoms with E-state index in [9.17, 15) is 18.5 Å². The Labute approximate surface area is 97.9 Å². The largest absolute Gasteiger partial charge is 0.282 e. The molecule has 0 spiro atoms. The average molecular weight is 255 g/mol. The molecule has 0 aromatic heterocycles. The molecule has 0 aliphatic carbocycles. The van der Waals surface area contributed by atoms with Gasteiger partial charge in [-0.1, -0.05) is 6.07 Å². The molecule has 0 bridgehead atoms. The van der Waals surface area contributed by atoms with E-state index in [1.807, 2.05) is 0 Å². The maximum atomic E-state index is 11.3. The van der Waals surface area contributed by atoms with Gasteiger partial charge in [0, 0.05) is 6.07 Å². The maximum absolute atomic E-state index is 11.3.